The van der Waals surface area contributed by atoms with Crippen LogP contribution in [0, 0.1) is 0 Å². The Morgan fingerprint density at radius 3 is 1.72 bits per heavy atom. The number of nitrogens with two attached hydrogens (primary N) is 1. The van der Waals surface area contributed by atoms with Crippen molar-refractivity contribution in [1.82, 2.24) is 4.90 Å². The minimum Gasteiger partial charge on any atom is -0.362 e. The summed E-state index contributed by atoms with van der Waals surface area (Å²) in [4.78, 5) is 17.0. The lowest BCUT2D eigenvalue weighted by Gasteiger charge is -2.30. The lowest BCUT2D eigenvalue weighted by Crippen LogP contribution is -2.34. The fourth-order valence-electron chi connectivity index (χ4n) is 3.74. The van der Waals surface area contributed by atoms with Crippen molar-refractivity contribution in [1.29, 1.82) is 0 Å². The van der Waals surface area contributed by atoms with E-state index in [1.54, 1.807) is 17.0 Å². The van der Waals surface area contributed by atoms with Crippen LogP contribution in [-0.4, -0.2) is 32.3 Å². The summed E-state index contributed by atoms with van der Waals surface area (Å²) in [6.45, 7) is 5.67. The molecule has 2 N–H and O–H groups in total. The van der Waals surface area contributed by atoms with Crippen LogP contribution in [0.2, 0.25) is 0 Å². The number of carbonyl (C=O) groups is 1. The number of amides is 1. The highest BCUT2D eigenvalue weighted by Crippen LogP contribution is 2.30. The second-order valence-corrected chi connectivity index (χ2v) is 9.03. The molecular weight excluding hydrogens is 422 g/mol. The maximum atomic E-state index is 13.5. The molecule has 3 rings (SSSR count). The highest BCUT2D eigenvalue weighted by atomic mass is 32.2. The Balaban J connectivity index is 2.19. The van der Waals surface area contributed by atoms with Crippen molar-refractivity contribution in [3.63, 3.8) is 0 Å². The van der Waals surface area contributed by atoms with Gasteiger partial charge in [0.05, 0.1) is 16.1 Å². The molecule has 0 unspecified atom stereocenters. The molecule has 0 aliphatic heterocycles. The van der Waals surface area contributed by atoms with Crippen LogP contribution in [0.4, 0.5) is 5.69 Å². The Kier molecular flexibility index (Phi) is 7.66. The topological polar surface area (TPSA) is 83.7 Å². The minimum atomic E-state index is -4.10. The summed E-state index contributed by atoms with van der Waals surface area (Å²) < 4.78 is 24.9. The third-order valence-electron chi connectivity index (χ3n) is 5.35. The van der Waals surface area contributed by atoms with Gasteiger partial charge in [0, 0.05) is 26.2 Å². The van der Waals surface area contributed by atoms with E-state index >= 15 is 0 Å². The number of carbonyl (C=O) groups excluding carboxylic acids is 1. The molecule has 0 spiro atoms. The number of benzene rings is 3. The van der Waals surface area contributed by atoms with Crippen molar-refractivity contribution in [2.75, 3.05) is 18.0 Å². The maximum absolute atomic E-state index is 13.5. The first-order chi connectivity index (χ1) is 15.3. The average Bonchev–Trinajstić information content (AvgIpc) is 2.79. The smallest absolute Gasteiger partial charge is 0.257 e. The van der Waals surface area contributed by atoms with E-state index in [2.05, 4.69) is 0 Å². The van der Waals surface area contributed by atoms with Gasteiger partial charge in [-0.2, -0.15) is 0 Å². The Morgan fingerprint density at radius 2 is 1.28 bits per heavy atom. The van der Waals surface area contributed by atoms with Gasteiger partial charge in [-0.3, -0.25) is 4.79 Å². The molecular formula is C25H29N3O3S. The molecule has 3 aromatic rings. The Hall–Kier alpha value is -3.16. The molecule has 0 aliphatic rings. The summed E-state index contributed by atoms with van der Waals surface area (Å²) in [6.07, 6.45) is 0. The van der Waals surface area contributed by atoms with Crippen LogP contribution in [-0.2, 0) is 23.1 Å². The van der Waals surface area contributed by atoms with Gasteiger partial charge in [-0.15, -0.1) is 0 Å². The van der Waals surface area contributed by atoms with Crippen LogP contribution < -0.4 is 10.0 Å². The Bertz CT molecular complexity index is 1100. The van der Waals surface area contributed by atoms with E-state index in [-0.39, 0.29) is 16.4 Å². The highest BCUT2D eigenvalue weighted by Gasteiger charge is 2.28. The average molecular weight is 452 g/mol. The molecule has 1 amide bonds. The molecule has 6 nitrogen and oxygen atoms in total. The summed E-state index contributed by atoms with van der Waals surface area (Å²) in [7, 11) is -4.10. The zero-order valence-electron chi connectivity index (χ0n) is 18.4. The summed E-state index contributed by atoms with van der Waals surface area (Å²) in [5.74, 6) is -0.347. The van der Waals surface area contributed by atoms with E-state index < -0.39 is 10.0 Å². The summed E-state index contributed by atoms with van der Waals surface area (Å²) >= 11 is 0. The van der Waals surface area contributed by atoms with Crippen LogP contribution >= 0.6 is 0 Å². The molecule has 0 bridgehead atoms. The summed E-state index contributed by atoms with van der Waals surface area (Å²) in [5.41, 5.74) is 2.75. The number of sulfonamides is 1. The molecule has 3 aromatic carbocycles. The molecule has 32 heavy (non-hydrogen) atoms. The van der Waals surface area contributed by atoms with Gasteiger partial charge < -0.3 is 9.80 Å². The summed E-state index contributed by atoms with van der Waals surface area (Å²) in [5, 5.41) is 5.54. The van der Waals surface area contributed by atoms with Crippen molar-refractivity contribution >= 4 is 21.6 Å². The molecule has 0 atom stereocenters. The van der Waals surface area contributed by atoms with E-state index in [0.29, 0.717) is 31.9 Å². The Labute approximate surface area is 190 Å². The van der Waals surface area contributed by atoms with Crippen molar-refractivity contribution in [3.05, 3.63) is 95.6 Å². The van der Waals surface area contributed by atoms with E-state index in [0.717, 1.165) is 11.1 Å². The number of rotatable bonds is 9. The van der Waals surface area contributed by atoms with Crippen LogP contribution in [0.3, 0.4) is 0 Å². The monoisotopic (exact) mass is 451 g/mol. The minimum absolute atomic E-state index is 0.116. The molecule has 168 valence electrons. The third-order valence-corrected chi connectivity index (χ3v) is 6.30. The molecule has 0 saturated heterocycles. The first-order valence-electron chi connectivity index (χ1n) is 10.6. The normalized spacial score (nSPS) is 11.2. The van der Waals surface area contributed by atoms with Crippen LogP contribution in [0.15, 0.2) is 83.8 Å². The van der Waals surface area contributed by atoms with Crippen molar-refractivity contribution in [2.45, 2.75) is 31.8 Å². The number of primary sulfonamides is 1. The van der Waals surface area contributed by atoms with Crippen LogP contribution in [0.25, 0.3) is 0 Å². The van der Waals surface area contributed by atoms with Gasteiger partial charge in [0.1, 0.15) is 0 Å². The van der Waals surface area contributed by atoms with Crippen molar-refractivity contribution in [2.24, 2.45) is 5.14 Å². The lowest BCUT2D eigenvalue weighted by molar-refractivity contribution is 0.0769. The number of hydrogen-bond acceptors (Lipinski definition) is 4. The van der Waals surface area contributed by atoms with Crippen molar-refractivity contribution in [3.8, 4) is 0 Å². The van der Waals surface area contributed by atoms with Crippen LogP contribution in [0.5, 0.6) is 0 Å². The van der Waals surface area contributed by atoms with E-state index in [4.69, 9.17) is 5.14 Å². The third kappa shape index (κ3) is 5.55. The second kappa shape index (κ2) is 10.4. The first-order valence-corrected chi connectivity index (χ1v) is 12.2. The van der Waals surface area contributed by atoms with Gasteiger partial charge in [0.25, 0.3) is 5.91 Å². The van der Waals surface area contributed by atoms with Gasteiger partial charge in [0.2, 0.25) is 10.0 Å². The second-order valence-electron chi connectivity index (χ2n) is 7.50. The lowest BCUT2D eigenvalue weighted by atomic mass is 10.1. The van der Waals surface area contributed by atoms with E-state index in [1.807, 2.05) is 79.4 Å². The molecule has 0 aliphatic carbocycles. The van der Waals surface area contributed by atoms with Gasteiger partial charge in [-0.05, 0) is 37.1 Å². The van der Waals surface area contributed by atoms with E-state index in [1.165, 1.54) is 6.07 Å². The first kappa shape index (κ1) is 23.5. The SMILES string of the molecule is CCN(CC)C(=O)c1c(N(Cc2ccccc2)Cc2ccccc2)cccc1S(N)(=O)=O. The zero-order chi connectivity index (χ0) is 23.1. The Morgan fingerprint density at radius 1 is 0.781 bits per heavy atom. The maximum Gasteiger partial charge on any atom is 0.257 e. The van der Waals surface area contributed by atoms with Crippen molar-refractivity contribution < 1.29 is 13.2 Å². The molecule has 0 saturated carbocycles. The molecule has 0 radical (unpaired) electrons. The number of hydrogen-bond donors (Lipinski definition) is 1. The quantitative estimate of drug-likeness (QED) is 0.533. The predicted molar refractivity (Wildman–Crippen MR) is 128 cm³/mol. The molecule has 0 heterocycles. The van der Waals surface area contributed by atoms with Gasteiger partial charge in [-0.25, -0.2) is 13.6 Å². The fraction of sp³-hybridized carbons (Fsp3) is 0.240. The zero-order valence-corrected chi connectivity index (χ0v) is 19.3. The molecule has 0 fully saturated rings. The predicted octanol–water partition coefficient (Wildman–Crippen LogP) is 4.02. The van der Waals surface area contributed by atoms with Gasteiger partial charge >= 0.3 is 0 Å². The van der Waals surface area contributed by atoms with E-state index in [9.17, 15) is 13.2 Å². The molecule has 7 heteroatoms. The largest absolute Gasteiger partial charge is 0.362 e. The number of anilines is 1. The summed E-state index contributed by atoms with van der Waals surface area (Å²) in [6, 6.07) is 24.6. The fourth-order valence-corrected chi connectivity index (χ4v) is 4.48. The van der Waals surface area contributed by atoms with Crippen LogP contribution in [0.1, 0.15) is 35.3 Å². The highest BCUT2D eigenvalue weighted by molar-refractivity contribution is 7.89. The standard InChI is InChI=1S/C25H29N3O3S/c1-3-27(4-2)25(29)24-22(16-11-17-23(24)32(26,30)31)28(18-20-12-7-5-8-13-20)19-21-14-9-6-10-15-21/h5-17H,3-4,18-19H2,1-2H3,(H2,26,30,31). The van der Waals surface area contributed by atoms with Gasteiger partial charge in [-0.1, -0.05) is 66.7 Å². The molecule has 0 aromatic heterocycles. The number of nitrogens with zero attached hydrogens (tertiary/aromatic N) is 2. The van der Waals surface area contributed by atoms with Gasteiger partial charge in [0.15, 0.2) is 0 Å².